The van der Waals surface area contributed by atoms with E-state index in [4.69, 9.17) is 34.8 Å². The first kappa shape index (κ1) is 22.7. The summed E-state index contributed by atoms with van der Waals surface area (Å²) in [6.45, 7) is 0. The minimum Gasteiger partial charge on any atom is -0.228 e. The van der Waals surface area contributed by atoms with Crippen molar-refractivity contribution in [2.75, 3.05) is 0 Å². The molecule has 5 rings (SSSR count). The van der Waals surface area contributed by atoms with Crippen molar-refractivity contribution < 1.29 is 13.2 Å². The zero-order valence-corrected chi connectivity index (χ0v) is 19.4. The molecule has 2 aromatic heterocycles. The number of benzene rings is 3. The molecule has 0 fully saturated rings. The van der Waals surface area contributed by atoms with Gasteiger partial charge in [0.15, 0.2) is 5.65 Å². The summed E-state index contributed by atoms with van der Waals surface area (Å²) in [6.07, 6.45) is -4.68. The van der Waals surface area contributed by atoms with Crippen molar-refractivity contribution >= 4 is 45.8 Å². The predicted molar refractivity (Wildman–Crippen MR) is 130 cm³/mol. The number of fused-ring (bicyclic) bond motifs is 1. The number of hydrogen-bond acceptors (Lipinski definition) is 2. The number of hydrogen-bond donors (Lipinski definition) is 0. The molecule has 0 saturated heterocycles. The number of aromatic nitrogens is 3. The SMILES string of the molecule is FC(F)(F)c1cc(-c2ccc(Cl)cc2Cl)nc2c1c(-c1ccc(Cl)cc1)nn2-c1ccccc1. The van der Waals surface area contributed by atoms with Crippen molar-refractivity contribution in [3.05, 3.63) is 99.5 Å². The summed E-state index contributed by atoms with van der Waals surface area (Å²) in [5.41, 5.74) is 0.747. The largest absolute Gasteiger partial charge is 0.417 e. The van der Waals surface area contributed by atoms with E-state index < -0.39 is 11.7 Å². The van der Waals surface area contributed by atoms with Gasteiger partial charge in [0.2, 0.25) is 0 Å². The number of nitrogens with zero attached hydrogens (tertiary/aromatic N) is 3. The van der Waals surface area contributed by atoms with Crippen LogP contribution in [-0.4, -0.2) is 14.8 Å². The summed E-state index contributed by atoms with van der Waals surface area (Å²) >= 11 is 18.3. The Morgan fingerprint density at radius 1 is 0.765 bits per heavy atom. The lowest BCUT2D eigenvalue weighted by Gasteiger charge is -2.13. The van der Waals surface area contributed by atoms with Crippen molar-refractivity contribution in [2.45, 2.75) is 6.18 Å². The zero-order chi connectivity index (χ0) is 24.0. The maximum atomic E-state index is 14.4. The molecule has 0 N–H and O–H groups in total. The van der Waals surface area contributed by atoms with Crippen LogP contribution in [0.3, 0.4) is 0 Å². The van der Waals surface area contributed by atoms with Gasteiger partial charge in [-0.2, -0.15) is 18.3 Å². The van der Waals surface area contributed by atoms with Crippen molar-refractivity contribution in [3.8, 4) is 28.2 Å². The first-order valence-corrected chi connectivity index (χ1v) is 11.1. The van der Waals surface area contributed by atoms with Gasteiger partial charge in [-0.25, -0.2) is 9.67 Å². The molecule has 3 nitrogen and oxygen atoms in total. The van der Waals surface area contributed by atoms with Gasteiger partial charge in [-0.3, -0.25) is 0 Å². The Bertz CT molecular complexity index is 1510. The number of pyridine rings is 1. The van der Waals surface area contributed by atoms with Gasteiger partial charge in [0.25, 0.3) is 0 Å². The predicted octanol–water partition coefficient (Wildman–Crippen LogP) is 8.73. The average Bonchev–Trinajstić information content (AvgIpc) is 3.18. The van der Waals surface area contributed by atoms with Crippen LogP contribution in [0, 0.1) is 0 Å². The fourth-order valence-corrected chi connectivity index (χ4v) is 4.36. The van der Waals surface area contributed by atoms with E-state index in [-0.39, 0.29) is 27.4 Å². The van der Waals surface area contributed by atoms with Gasteiger partial charge in [-0.1, -0.05) is 65.1 Å². The Hall–Kier alpha value is -3.06. The van der Waals surface area contributed by atoms with Crippen molar-refractivity contribution in [2.24, 2.45) is 0 Å². The molecule has 0 aliphatic heterocycles. The van der Waals surface area contributed by atoms with E-state index in [1.165, 1.54) is 10.7 Å². The molecule has 0 amide bonds. The molecule has 3 aromatic carbocycles. The molecule has 0 saturated carbocycles. The maximum absolute atomic E-state index is 14.4. The number of halogens is 6. The van der Waals surface area contributed by atoms with Crippen LogP contribution in [0.1, 0.15) is 5.56 Å². The lowest BCUT2D eigenvalue weighted by Crippen LogP contribution is -2.08. The van der Waals surface area contributed by atoms with E-state index >= 15 is 0 Å². The highest BCUT2D eigenvalue weighted by Gasteiger charge is 2.37. The van der Waals surface area contributed by atoms with Gasteiger partial charge in [-0.15, -0.1) is 0 Å². The highest BCUT2D eigenvalue weighted by molar-refractivity contribution is 6.36. The van der Waals surface area contributed by atoms with E-state index in [2.05, 4.69) is 10.1 Å². The van der Waals surface area contributed by atoms with Gasteiger partial charge in [0.05, 0.1) is 27.4 Å². The van der Waals surface area contributed by atoms with Crippen LogP contribution in [0.5, 0.6) is 0 Å². The quantitative estimate of drug-likeness (QED) is 0.239. The molecule has 0 bridgehead atoms. The lowest BCUT2D eigenvalue weighted by atomic mass is 10.0. The number of para-hydroxylation sites is 1. The normalized spacial score (nSPS) is 11.8. The number of rotatable bonds is 3. The second kappa shape index (κ2) is 8.62. The van der Waals surface area contributed by atoms with Gasteiger partial charge in [-0.05, 0) is 48.5 Å². The molecule has 0 unspecified atom stereocenters. The highest BCUT2D eigenvalue weighted by atomic mass is 35.5. The van der Waals surface area contributed by atoms with E-state index in [1.807, 2.05) is 6.07 Å². The molecular formula is C25H13Cl3F3N3. The summed E-state index contributed by atoms with van der Waals surface area (Å²) in [5.74, 6) is 0. The topological polar surface area (TPSA) is 30.7 Å². The zero-order valence-electron chi connectivity index (χ0n) is 17.1. The fourth-order valence-electron chi connectivity index (χ4n) is 3.73. The maximum Gasteiger partial charge on any atom is 0.417 e. The van der Waals surface area contributed by atoms with E-state index in [0.29, 0.717) is 26.9 Å². The average molecular weight is 519 g/mol. The highest BCUT2D eigenvalue weighted by Crippen LogP contribution is 2.42. The molecule has 170 valence electrons. The molecular weight excluding hydrogens is 506 g/mol. The molecule has 2 heterocycles. The van der Waals surface area contributed by atoms with Crippen LogP contribution in [0.2, 0.25) is 15.1 Å². The Balaban J connectivity index is 1.90. The fraction of sp³-hybridized carbons (Fsp3) is 0.0400. The molecule has 0 aliphatic carbocycles. The lowest BCUT2D eigenvalue weighted by molar-refractivity contribution is -0.136. The van der Waals surface area contributed by atoms with E-state index in [0.717, 1.165) is 6.07 Å². The first-order valence-electron chi connectivity index (χ1n) is 10.00. The molecule has 0 atom stereocenters. The summed E-state index contributed by atoms with van der Waals surface area (Å²) in [7, 11) is 0. The van der Waals surface area contributed by atoms with E-state index in [1.54, 1.807) is 60.7 Å². The summed E-state index contributed by atoms with van der Waals surface area (Å²) in [4.78, 5) is 4.60. The smallest absolute Gasteiger partial charge is 0.228 e. The molecule has 0 aliphatic rings. The van der Waals surface area contributed by atoms with Crippen molar-refractivity contribution in [1.82, 2.24) is 14.8 Å². The van der Waals surface area contributed by atoms with Gasteiger partial charge in [0.1, 0.15) is 5.69 Å². The Labute approximate surface area is 207 Å². The van der Waals surface area contributed by atoms with Crippen LogP contribution < -0.4 is 0 Å². The summed E-state index contributed by atoms with van der Waals surface area (Å²) in [5, 5.41) is 5.46. The monoisotopic (exact) mass is 517 g/mol. The second-order valence-corrected chi connectivity index (χ2v) is 8.76. The van der Waals surface area contributed by atoms with Crippen LogP contribution in [0.15, 0.2) is 78.9 Å². The molecule has 0 spiro atoms. The molecule has 34 heavy (non-hydrogen) atoms. The van der Waals surface area contributed by atoms with Gasteiger partial charge in [0, 0.05) is 21.2 Å². The van der Waals surface area contributed by atoms with Gasteiger partial charge >= 0.3 is 6.18 Å². The molecule has 5 aromatic rings. The third kappa shape index (κ3) is 4.13. The van der Waals surface area contributed by atoms with Crippen molar-refractivity contribution in [1.29, 1.82) is 0 Å². The van der Waals surface area contributed by atoms with E-state index in [9.17, 15) is 13.2 Å². The minimum absolute atomic E-state index is 0.0481. The van der Waals surface area contributed by atoms with Crippen LogP contribution >= 0.6 is 34.8 Å². The Morgan fingerprint density at radius 2 is 1.44 bits per heavy atom. The number of alkyl halides is 3. The summed E-state index contributed by atoms with van der Waals surface area (Å²) in [6, 6.07) is 20.9. The minimum atomic E-state index is -4.68. The third-order valence-corrected chi connectivity index (χ3v) is 6.07. The molecule has 0 radical (unpaired) electrons. The van der Waals surface area contributed by atoms with Crippen LogP contribution in [0.4, 0.5) is 13.2 Å². The van der Waals surface area contributed by atoms with Crippen LogP contribution in [-0.2, 0) is 6.18 Å². The standard InChI is InChI=1S/C25H13Cl3F3N3/c26-15-8-6-14(7-9-15)23-22-19(25(29,30)31)13-21(18-11-10-16(27)12-20(18)28)32-24(22)34(33-23)17-4-2-1-3-5-17/h1-13H. The summed E-state index contributed by atoms with van der Waals surface area (Å²) < 4.78 is 44.6. The molecule has 9 heteroatoms. The van der Waals surface area contributed by atoms with Crippen LogP contribution in [0.25, 0.3) is 39.2 Å². The third-order valence-electron chi connectivity index (χ3n) is 5.27. The second-order valence-electron chi connectivity index (χ2n) is 7.48. The Kier molecular flexibility index (Phi) is 5.76. The van der Waals surface area contributed by atoms with Crippen molar-refractivity contribution in [3.63, 3.8) is 0 Å². The first-order chi connectivity index (χ1) is 16.2. The van der Waals surface area contributed by atoms with Gasteiger partial charge < -0.3 is 0 Å². The Morgan fingerprint density at radius 3 is 2.09 bits per heavy atom.